The number of benzene rings is 2. The number of hydrogen-bond donors (Lipinski definition) is 0. The van der Waals surface area contributed by atoms with Crippen LogP contribution >= 0.6 is 7.37 Å². The summed E-state index contributed by atoms with van der Waals surface area (Å²) in [5, 5.41) is 0.901. The molecule has 4 nitrogen and oxygen atoms in total. The van der Waals surface area contributed by atoms with Crippen LogP contribution in [0.1, 0.15) is 0 Å². The van der Waals surface area contributed by atoms with E-state index in [4.69, 9.17) is 4.52 Å². The summed E-state index contributed by atoms with van der Waals surface area (Å²) in [6.07, 6.45) is -0.962. The maximum absolute atomic E-state index is 13.1. The van der Waals surface area contributed by atoms with Gasteiger partial charge in [0.15, 0.2) is 0 Å². The van der Waals surface area contributed by atoms with Crippen molar-refractivity contribution in [1.29, 1.82) is 0 Å². The van der Waals surface area contributed by atoms with Crippen molar-refractivity contribution >= 4 is 24.1 Å². The number of methoxy groups -OCH3 is 1. The third kappa shape index (κ3) is 2.85. The molecule has 0 saturated carbocycles. The highest BCUT2D eigenvalue weighted by Gasteiger charge is 2.32. The summed E-state index contributed by atoms with van der Waals surface area (Å²) in [5.74, 6) is 0. The summed E-state index contributed by atoms with van der Waals surface area (Å²) < 4.78 is 22.6. The lowest BCUT2D eigenvalue weighted by atomic mass is 10.4. The summed E-state index contributed by atoms with van der Waals surface area (Å²) in [6.45, 7) is 0. The first-order valence-corrected chi connectivity index (χ1v) is 7.28. The number of hydrogen-bond acceptors (Lipinski definition) is 4. The fraction of sp³-hybridized carbons (Fsp3) is 0.0714. The van der Waals surface area contributed by atoms with E-state index in [-0.39, 0.29) is 0 Å². The molecular weight excluding hydrogens is 263 g/mol. The van der Waals surface area contributed by atoms with Gasteiger partial charge in [0.1, 0.15) is 0 Å². The fourth-order valence-electron chi connectivity index (χ4n) is 1.65. The molecule has 0 aliphatic rings. The van der Waals surface area contributed by atoms with E-state index in [0.29, 0.717) is 10.6 Å². The summed E-state index contributed by atoms with van der Waals surface area (Å²) in [5.41, 5.74) is 0. The quantitative estimate of drug-likeness (QED) is 0.639. The maximum atomic E-state index is 13.1. The molecule has 0 saturated heterocycles. The first-order valence-electron chi connectivity index (χ1n) is 5.65. The van der Waals surface area contributed by atoms with Gasteiger partial charge in [-0.1, -0.05) is 36.4 Å². The molecule has 19 heavy (non-hydrogen) atoms. The van der Waals surface area contributed by atoms with Gasteiger partial charge in [0, 0.05) is 0 Å². The first-order chi connectivity index (χ1) is 9.16. The highest BCUT2D eigenvalue weighted by molar-refractivity contribution is 7.74. The molecule has 0 aliphatic heterocycles. The van der Waals surface area contributed by atoms with Gasteiger partial charge in [0.2, 0.25) is 0 Å². The molecule has 0 aliphatic carbocycles. The molecule has 2 aromatic carbocycles. The SMILES string of the molecule is COC(=O)OP(=O)(c1ccccc1)c1ccccc1. The van der Waals surface area contributed by atoms with Crippen molar-refractivity contribution in [1.82, 2.24) is 0 Å². The van der Waals surface area contributed by atoms with Crippen molar-refractivity contribution < 1.29 is 18.6 Å². The lowest BCUT2D eigenvalue weighted by Gasteiger charge is -2.17. The number of rotatable bonds is 3. The fourth-order valence-corrected chi connectivity index (χ4v) is 3.57. The van der Waals surface area contributed by atoms with E-state index in [1.54, 1.807) is 60.7 Å². The Morgan fingerprint density at radius 1 is 0.895 bits per heavy atom. The minimum absolute atomic E-state index is 0.451. The molecular formula is C14H13O4P. The Kier molecular flexibility index (Phi) is 4.03. The minimum atomic E-state index is -3.47. The lowest BCUT2D eigenvalue weighted by Crippen LogP contribution is -2.20. The van der Waals surface area contributed by atoms with Crippen molar-refractivity contribution in [3.05, 3.63) is 60.7 Å². The van der Waals surface area contributed by atoms with Crippen LogP contribution < -0.4 is 10.6 Å². The molecule has 0 heterocycles. The van der Waals surface area contributed by atoms with Gasteiger partial charge in [0.25, 0.3) is 0 Å². The normalized spacial score (nSPS) is 10.8. The summed E-state index contributed by atoms with van der Waals surface area (Å²) in [7, 11) is -2.29. The zero-order valence-electron chi connectivity index (χ0n) is 10.4. The molecule has 5 heteroatoms. The summed E-state index contributed by atoms with van der Waals surface area (Å²) in [6, 6.07) is 17.2. The second-order valence-electron chi connectivity index (χ2n) is 3.77. The van der Waals surface area contributed by atoms with Crippen molar-refractivity contribution in [2.45, 2.75) is 0 Å². The van der Waals surface area contributed by atoms with Crippen LogP contribution in [0, 0.1) is 0 Å². The van der Waals surface area contributed by atoms with E-state index in [0.717, 1.165) is 0 Å². The second-order valence-corrected chi connectivity index (χ2v) is 6.09. The second kappa shape index (κ2) is 5.72. The standard InChI is InChI=1S/C14H13O4P/c1-17-14(15)18-19(16,12-8-4-2-5-9-12)13-10-6-3-7-11-13/h2-11H,1H3. The summed E-state index contributed by atoms with van der Waals surface area (Å²) >= 11 is 0. The lowest BCUT2D eigenvalue weighted by molar-refractivity contribution is 0.124. The number of carbonyl (C=O) groups excluding carboxylic acids is 1. The molecule has 2 aromatic rings. The molecule has 0 aromatic heterocycles. The Morgan fingerprint density at radius 3 is 1.68 bits per heavy atom. The predicted octanol–water partition coefficient (Wildman–Crippen LogP) is 2.70. The van der Waals surface area contributed by atoms with Gasteiger partial charge in [0.05, 0.1) is 17.7 Å². The molecule has 98 valence electrons. The van der Waals surface area contributed by atoms with E-state index in [9.17, 15) is 9.36 Å². The number of carbonyl (C=O) groups is 1. The molecule has 0 bridgehead atoms. The summed E-state index contributed by atoms with van der Waals surface area (Å²) in [4.78, 5) is 11.4. The van der Waals surface area contributed by atoms with Crippen molar-refractivity contribution in [2.75, 3.05) is 7.11 Å². The third-order valence-electron chi connectivity index (χ3n) is 2.56. The largest absolute Gasteiger partial charge is 0.513 e. The molecule has 0 fully saturated rings. The van der Waals surface area contributed by atoms with Gasteiger partial charge >= 0.3 is 13.5 Å². The number of ether oxygens (including phenoxy) is 1. The average Bonchev–Trinajstić information content (AvgIpc) is 2.48. The van der Waals surface area contributed by atoms with Crippen LogP contribution in [-0.2, 0) is 13.8 Å². The minimum Gasteiger partial charge on any atom is -0.437 e. The first kappa shape index (κ1) is 13.4. The Bertz CT molecular complexity index is 552. The van der Waals surface area contributed by atoms with Gasteiger partial charge in [-0.2, -0.15) is 0 Å². The van der Waals surface area contributed by atoms with Crippen molar-refractivity contribution in [2.24, 2.45) is 0 Å². The van der Waals surface area contributed by atoms with Crippen LogP contribution in [0.2, 0.25) is 0 Å². The molecule has 0 unspecified atom stereocenters. The molecule has 0 radical (unpaired) electrons. The van der Waals surface area contributed by atoms with Gasteiger partial charge < -0.3 is 9.26 Å². The van der Waals surface area contributed by atoms with E-state index in [1.807, 2.05) is 0 Å². The third-order valence-corrected chi connectivity index (χ3v) is 4.92. The van der Waals surface area contributed by atoms with Gasteiger partial charge in [-0.15, -0.1) is 0 Å². The highest BCUT2D eigenvalue weighted by Crippen LogP contribution is 2.44. The Hall–Kier alpha value is -2.06. The molecule has 0 amide bonds. The Morgan fingerprint density at radius 2 is 1.32 bits per heavy atom. The molecule has 0 atom stereocenters. The Balaban J connectivity index is 2.51. The smallest absolute Gasteiger partial charge is 0.437 e. The zero-order valence-corrected chi connectivity index (χ0v) is 11.2. The molecule has 0 spiro atoms. The van der Waals surface area contributed by atoms with Crippen LogP contribution in [-0.4, -0.2) is 13.3 Å². The van der Waals surface area contributed by atoms with Gasteiger partial charge in [-0.3, -0.25) is 4.57 Å². The van der Waals surface area contributed by atoms with Crippen molar-refractivity contribution in [3.63, 3.8) is 0 Å². The maximum Gasteiger partial charge on any atom is 0.513 e. The highest BCUT2D eigenvalue weighted by atomic mass is 31.2. The van der Waals surface area contributed by atoms with Crippen LogP contribution in [0.3, 0.4) is 0 Å². The monoisotopic (exact) mass is 276 g/mol. The van der Waals surface area contributed by atoms with Crippen molar-refractivity contribution in [3.8, 4) is 0 Å². The van der Waals surface area contributed by atoms with Gasteiger partial charge in [-0.05, 0) is 24.3 Å². The average molecular weight is 276 g/mol. The van der Waals surface area contributed by atoms with E-state index >= 15 is 0 Å². The van der Waals surface area contributed by atoms with Gasteiger partial charge in [-0.25, -0.2) is 4.79 Å². The van der Waals surface area contributed by atoms with E-state index in [2.05, 4.69) is 4.74 Å². The van der Waals surface area contributed by atoms with Crippen LogP contribution in [0.25, 0.3) is 0 Å². The van der Waals surface area contributed by atoms with Crippen LogP contribution in [0.4, 0.5) is 4.79 Å². The predicted molar refractivity (Wildman–Crippen MR) is 73.2 cm³/mol. The van der Waals surface area contributed by atoms with E-state index < -0.39 is 13.5 Å². The molecule has 2 rings (SSSR count). The van der Waals surface area contributed by atoms with E-state index in [1.165, 1.54) is 7.11 Å². The Labute approximate surface area is 111 Å². The van der Waals surface area contributed by atoms with Crippen LogP contribution in [0.5, 0.6) is 0 Å². The zero-order chi connectivity index (χ0) is 13.7. The topological polar surface area (TPSA) is 52.6 Å². The molecule has 0 N–H and O–H groups in total. The van der Waals surface area contributed by atoms with Crippen LogP contribution in [0.15, 0.2) is 60.7 Å².